The van der Waals surface area contributed by atoms with Crippen molar-refractivity contribution in [1.29, 1.82) is 0 Å². The molecule has 0 radical (unpaired) electrons. The number of rotatable bonds is 6. The molecule has 0 bridgehead atoms. The highest BCUT2D eigenvalue weighted by Gasteiger charge is 2.47. The molecule has 1 atom stereocenters. The summed E-state index contributed by atoms with van der Waals surface area (Å²) in [7, 11) is -2.97. The number of ether oxygens (including phenoxy) is 1. The molecular formula is C26H23NO6S. The number of nitrogens with zero attached hydrogens (tertiary/aromatic N) is 1. The maximum Gasteiger partial charge on any atom is 0.337 e. The van der Waals surface area contributed by atoms with E-state index in [-0.39, 0.29) is 10.5 Å². The third kappa shape index (κ3) is 3.97. The second-order valence-electron chi connectivity index (χ2n) is 7.74. The Bertz CT molecular complexity index is 1380. The summed E-state index contributed by atoms with van der Waals surface area (Å²) in [6, 6.07) is 19.8. The van der Waals surface area contributed by atoms with Crippen LogP contribution in [0.4, 0.5) is 5.69 Å². The van der Waals surface area contributed by atoms with Gasteiger partial charge in [-0.1, -0.05) is 49.4 Å². The number of carbonyl (C=O) groups is 2. The van der Waals surface area contributed by atoms with Crippen LogP contribution in [0.1, 0.15) is 34.5 Å². The van der Waals surface area contributed by atoms with Gasteiger partial charge in [-0.3, -0.25) is 9.69 Å². The maximum absolute atomic E-state index is 13.6. The fraction of sp³-hybridized carbons (Fsp3) is 0.154. The fourth-order valence-corrected chi connectivity index (χ4v) is 5.64. The number of benzene rings is 3. The van der Waals surface area contributed by atoms with Crippen LogP contribution in [0, 0.1) is 0 Å². The molecule has 7 nitrogen and oxygen atoms in total. The third-order valence-corrected chi connectivity index (χ3v) is 7.64. The average molecular weight is 478 g/mol. The molecule has 0 saturated carbocycles. The smallest absolute Gasteiger partial charge is 0.337 e. The predicted octanol–water partition coefficient (Wildman–Crippen LogP) is 4.37. The molecule has 0 saturated heterocycles. The van der Waals surface area contributed by atoms with Crippen molar-refractivity contribution >= 4 is 27.4 Å². The molecule has 0 spiro atoms. The largest absolute Gasteiger partial charge is 0.502 e. The molecule has 8 heteroatoms. The monoisotopic (exact) mass is 477 g/mol. The van der Waals surface area contributed by atoms with Crippen molar-refractivity contribution in [2.75, 3.05) is 12.0 Å². The zero-order valence-corrected chi connectivity index (χ0v) is 19.5. The van der Waals surface area contributed by atoms with Crippen molar-refractivity contribution in [3.8, 4) is 0 Å². The van der Waals surface area contributed by atoms with E-state index in [2.05, 4.69) is 0 Å². The fourth-order valence-electron chi connectivity index (χ4n) is 4.00. The Balaban J connectivity index is 1.92. The van der Waals surface area contributed by atoms with Gasteiger partial charge < -0.3 is 9.84 Å². The van der Waals surface area contributed by atoms with E-state index in [9.17, 15) is 23.1 Å². The Labute approximate surface area is 197 Å². The highest BCUT2D eigenvalue weighted by atomic mass is 32.2. The molecule has 3 aromatic carbocycles. The lowest BCUT2D eigenvalue weighted by Gasteiger charge is -2.27. The van der Waals surface area contributed by atoms with Crippen molar-refractivity contribution in [2.45, 2.75) is 24.3 Å². The number of aliphatic hydroxyl groups is 1. The minimum atomic E-state index is -4.23. The van der Waals surface area contributed by atoms with Crippen LogP contribution < -0.4 is 4.90 Å². The van der Waals surface area contributed by atoms with E-state index in [1.54, 1.807) is 48.5 Å². The lowest BCUT2D eigenvalue weighted by atomic mass is 10.0. The summed E-state index contributed by atoms with van der Waals surface area (Å²) >= 11 is 0. The van der Waals surface area contributed by atoms with Gasteiger partial charge in [0.15, 0.2) is 5.76 Å². The van der Waals surface area contributed by atoms with Crippen molar-refractivity contribution in [3.63, 3.8) is 0 Å². The molecule has 1 N–H and O–H groups in total. The summed E-state index contributed by atoms with van der Waals surface area (Å²) in [6.07, 6.45) is 0.711. The third-order valence-electron chi connectivity index (χ3n) is 5.75. The molecule has 0 aliphatic carbocycles. The summed E-state index contributed by atoms with van der Waals surface area (Å²) in [5, 5.41) is 10.9. The van der Waals surface area contributed by atoms with Gasteiger partial charge in [0.25, 0.3) is 5.91 Å². The minimum Gasteiger partial charge on any atom is -0.502 e. The SMILES string of the molecule is CCc1cccc(N2C(=O)C(O)=C(S(=O)(=O)c3ccccc3)C2c2ccc(C(=O)OC)cc2)c1. The van der Waals surface area contributed by atoms with Gasteiger partial charge in [-0.25, -0.2) is 13.2 Å². The number of carbonyl (C=O) groups excluding carboxylic acids is 2. The molecule has 34 heavy (non-hydrogen) atoms. The average Bonchev–Trinajstić information content (AvgIpc) is 3.15. The van der Waals surface area contributed by atoms with E-state index in [1.807, 2.05) is 13.0 Å². The van der Waals surface area contributed by atoms with Gasteiger partial charge in [0.1, 0.15) is 10.9 Å². The van der Waals surface area contributed by atoms with E-state index in [0.717, 1.165) is 5.56 Å². The van der Waals surface area contributed by atoms with E-state index in [1.165, 1.54) is 36.3 Å². The van der Waals surface area contributed by atoms with Crippen molar-refractivity contribution < 1.29 is 27.9 Å². The Hall–Kier alpha value is -3.91. The Morgan fingerprint density at radius 3 is 2.29 bits per heavy atom. The quantitative estimate of drug-likeness (QED) is 0.529. The van der Waals surface area contributed by atoms with E-state index < -0.39 is 38.4 Å². The Morgan fingerprint density at radius 1 is 1.00 bits per heavy atom. The van der Waals surface area contributed by atoms with Gasteiger partial charge in [-0.15, -0.1) is 0 Å². The number of sulfone groups is 1. The molecule has 1 heterocycles. The zero-order valence-electron chi connectivity index (χ0n) is 18.6. The molecule has 0 fully saturated rings. The molecule has 4 rings (SSSR count). The van der Waals surface area contributed by atoms with Crippen LogP contribution in [-0.4, -0.2) is 32.5 Å². The van der Waals surface area contributed by atoms with Crippen molar-refractivity contribution in [3.05, 3.63) is 106 Å². The van der Waals surface area contributed by atoms with Crippen LogP contribution in [0.2, 0.25) is 0 Å². The second-order valence-corrected chi connectivity index (χ2v) is 9.66. The molecule has 1 aliphatic heterocycles. The summed E-state index contributed by atoms with van der Waals surface area (Å²) in [6.45, 7) is 1.97. The van der Waals surface area contributed by atoms with Gasteiger partial charge in [0.2, 0.25) is 9.84 Å². The predicted molar refractivity (Wildman–Crippen MR) is 127 cm³/mol. The van der Waals surface area contributed by atoms with E-state index >= 15 is 0 Å². The maximum atomic E-state index is 13.6. The number of amides is 1. The first-order valence-corrected chi connectivity index (χ1v) is 12.1. The molecule has 1 amide bonds. The molecular weight excluding hydrogens is 454 g/mol. The summed E-state index contributed by atoms with van der Waals surface area (Å²) < 4.78 is 32.0. The van der Waals surface area contributed by atoms with Gasteiger partial charge in [0.05, 0.1) is 17.6 Å². The number of anilines is 1. The summed E-state index contributed by atoms with van der Waals surface area (Å²) in [4.78, 5) is 26.0. The van der Waals surface area contributed by atoms with Crippen LogP contribution in [-0.2, 0) is 25.8 Å². The normalized spacial score (nSPS) is 16.1. The van der Waals surface area contributed by atoms with Crippen LogP contribution in [0.3, 0.4) is 0 Å². The number of methoxy groups -OCH3 is 1. The van der Waals surface area contributed by atoms with Gasteiger partial charge in [0, 0.05) is 5.69 Å². The Morgan fingerprint density at radius 2 is 1.68 bits per heavy atom. The summed E-state index contributed by atoms with van der Waals surface area (Å²) in [5.74, 6) is -2.19. The minimum absolute atomic E-state index is 0.0373. The van der Waals surface area contributed by atoms with Crippen molar-refractivity contribution in [2.24, 2.45) is 0 Å². The highest BCUT2D eigenvalue weighted by Crippen LogP contribution is 2.45. The van der Waals surface area contributed by atoms with E-state index in [0.29, 0.717) is 17.7 Å². The molecule has 1 aliphatic rings. The van der Waals surface area contributed by atoms with Gasteiger partial charge >= 0.3 is 5.97 Å². The van der Waals surface area contributed by atoms with E-state index in [4.69, 9.17) is 4.74 Å². The molecule has 3 aromatic rings. The highest BCUT2D eigenvalue weighted by molar-refractivity contribution is 7.95. The standard InChI is InChI=1S/C26H23NO6S/c1-3-17-8-7-9-20(16-17)27-22(18-12-14-19(15-13-18)26(30)33-2)24(23(28)25(27)29)34(31,32)21-10-5-4-6-11-21/h4-16,22,28H,3H2,1-2H3. The number of aryl methyl sites for hydroxylation is 1. The van der Waals surface area contributed by atoms with Gasteiger partial charge in [-0.2, -0.15) is 0 Å². The van der Waals surface area contributed by atoms with Crippen LogP contribution in [0.15, 0.2) is 94.4 Å². The second kappa shape index (κ2) is 9.15. The molecule has 0 aromatic heterocycles. The first-order chi connectivity index (χ1) is 16.3. The first-order valence-electron chi connectivity index (χ1n) is 10.6. The first kappa shape index (κ1) is 23.3. The summed E-state index contributed by atoms with van der Waals surface area (Å²) in [5.41, 5.74) is 2.09. The Kier molecular flexibility index (Phi) is 6.26. The number of hydrogen-bond donors (Lipinski definition) is 1. The number of aliphatic hydroxyl groups excluding tert-OH is 1. The lowest BCUT2D eigenvalue weighted by Crippen LogP contribution is -2.31. The number of hydrogen-bond acceptors (Lipinski definition) is 6. The van der Waals surface area contributed by atoms with Crippen molar-refractivity contribution in [1.82, 2.24) is 0 Å². The molecule has 174 valence electrons. The molecule has 1 unspecified atom stereocenters. The number of esters is 1. The topological polar surface area (TPSA) is 101 Å². The lowest BCUT2D eigenvalue weighted by molar-refractivity contribution is -0.117. The zero-order chi connectivity index (χ0) is 24.5. The van der Waals surface area contributed by atoms with Crippen LogP contribution in [0.25, 0.3) is 0 Å². The van der Waals surface area contributed by atoms with Gasteiger partial charge in [-0.05, 0) is 53.9 Å². The van der Waals surface area contributed by atoms with Crippen LogP contribution >= 0.6 is 0 Å². The van der Waals surface area contributed by atoms with Crippen LogP contribution in [0.5, 0.6) is 0 Å².